The molecule has 1 aliphatic carbocycles. The first kappa shape index (κ1) is 29.5. The number of amides is 2. The van der Waals surface area contributed by atoms with Crippen LogP contribution in [0.1, 0.15) is 52.7 Å². The lowest BCUT2D eigenvalue weighted by molar-refractivity contribution is -0.140. The van der Waals surface area contributed by atoms with Crippen molar-refractivity contribution in [2.24, 2.45) is 0 Å². The molecule has 1 fully saturated rings. The second kappa shape index (κ2) is 12.0. The molecule has 0 atom stereocenters. The highest BCUT2D eigenvalue weighted by molar-refractivity contribution is 6.02. The van der Waals surface area contributed by atoms with Gasteiger partial charge in [0.25, 0.3) is 12.4 Å². The van der Waals surface area contributed by atoms with Gasteiger partial charge in [0.2, 0.25) is 5.91 Å². The first-order chi connectivity index (χ1) is 19.5. The van der Waals surface area contributed by atoms with E-state index >= 15 is 0 Å². The fourth-order valence-electron chi connectivity index (χ4n) is 5.74. The molecule has 1 aliphatic heterocycles. The Hall–Kier alpha value is -4.47. The molecule has 3 aromatic rings. The fraction of sp³-hybridized carbons (Fsp3) is 0.258. The van der Waals surface area contributed by atoms with Crippen molar-refractivity contribution in [3.05, 3.63) is 101 Å². The van der Waals surface area contributed by atoms with Gasteiger partial charge >= 0.3 is 6.18 Å². The standard InChI is InChI=1S/C30H26F4N2O2.CH2O2/c1-2-27(37)35-26-8-4-3-7-22(26)20-10-11-23-21(16-20)17-29(13-5-6-14-29)36(28(23)38)18-19-9-12-24(25(31)15-19)30(32,33)34;2-1-3/h2-4,7-12,15-16H,1,5-6,13-14,17-18H2,(H,35,37);1H,(H,2,3). The van der Waals surface area contributed by atoms with Crippen LogP contribution in [0.5, 0.6) is 0 Å². The minimum Gasteiger partial charge on any atom is -0.483 e. The van der Waals surface area contributed by atoms with Gasteiger partial charge in [0.05, 0.1) is 5.56 Å². The number of fused-ring (bicyclic) bond motifs is 1. The van der Waals surface area contributed by atoms with Crippen LogP contribution in [0.3, 0.4) is 0 Å². The van der Waals surface area contributed by atoms with Crippen LogP contribution < -0.4 is 5.32 Å². The molecule has 10 heteroatoms. The summed E-state index contributed by atoms with van der Waals surface area (Å²) in [5.41, 5.74) is 2.20. The third-order valence-corrected chi connectivity index (χ3v) is 7.57. The summed E-state index contributed by atoms with van der Waals surface area (Å²) < 4.78 is 53.4. The Morgan fingerprint density at radius 3 is 2.37 bits per heavy atom. The molecule has 41 heavy (non-hydrogen) atoms. The first-order valence-electron chi connectivity index (χ1n) is 12.9. The number of benzene rings is 3. The van der Waals surface area contributed by atoms with Crippen LogP contribution in [0.25, 0.3) is 11.1 Å². The molecule has 0 radical (unpaired) electrons. The molecular formula is C31H28F4N2O4. The zero-order valence-electron chi connectivity index (χ0n) is 22.0. The van der Waals surface area contributed by atoms with E-state index in [4.69, 9.17) is 9.90 Å². The van der Waals surface area contributed by atoms with Crippen molar-refractivity contribution in [3.63, 3.8) is 0 Å². The Bertz CT molecular complexity index is 1480. The van der Waals surface area contributed by atoms with Crippen LogP contribution in [-0.2, 0) is 28.7 Å². The largest absolute Gasteiger partial charge is 0.483 e. The Kier molecular flexibility index (Phi) is 8.60. The van der Waals surface area contributed by atoms with E-state index in [9.17, 15) is 27.2 Å². The molecular weight excluding hydrogens is 540 g/mol. The highest BCUT2D eigenvalue weighted by Gasteiger charge is 2.46. The molecule has 0 saturated heterocycles. The average Bonchev–Trinajstić information content (AvgIpc) is 3.39. The molecule has 2 aliphatic rings. The number of alkyl halides is 3. The third kappa shape index (κ3) is 6.16. The van der Waals surface area contributed by atoms with Crippen molar-refractivity contribution in [2.75, 3.05) is 5.32 Å². The Labute approximate surface area is 234 Å². The highest BCUT2D eigenvalue weighted by atomic mass is 19.4. The molecule has 214 valence electrons. The molecule has 1 heterocycles. The minimum atomic E-state index is -4.78. The van der Waals surface area contributed by atoms with Gasteiger partial charge in [-0.3, -0.25) is 14.4 Å². The van der Waals surface area contributed by atoms with E-state index < -0.39 is 23.1 Å². The Morgan fingerprint density at radius 2 is 1.73 bits per heavy atom. The summed E-state index contributed by atoms with van der Waals surface area (Å²) in [7, 11) is 0. The quantitative estimate of drug-likeness (QED) is 0.200. The van der Waals surface area contributed by atoms with Gasteiger partial charge in [-0.2, -0.15) is 13.2 Å². The lowest BCUT2D eigenvalue weighted by Crippen LogP contribution is -2.54. The number of rotatable bonds is 5. The maximum Gasteiger partial charge on any atom is 0.419 e. The Morgan fingerprint density at radius 1 is 1.05 bits per heavy atom. The summed E-state index contributed by atoms with van der Waals surface area (Å²) in [6, 6.07) is 15.8. The number of carboxylic acid groups (broad SMARTS) is 1. The number of carbonyl (C=O) groups excluding carboxylic acids is 2. The predicted octanol–water partition coefficient (Wildman–Crippen LogP) is 6.85. The van der Waals surface area contributed by atoms with Crippen LogP contribution >= 0.6 is 0 Å². The normalized spacial score (nSPS) is 15.5. The number of nitrogens with zero attached hydrogens (tertiary/aromatic N) is 1. The van der Waals surface area contributed by atoms with Gasteiger partial charge in [-0.05, 0) is 66.3 Å². The summed E-state index contributed by atoms with van der Waals surface area (Å²) in [6.07, 6.45) is 0.387. The lowest BCUT2D eigenvalue weighted by atomic mass is 9.79. The van der Waals surface area contributed by atoms with Crippen LogP contribution in [0.2, 0.25) is 0 Å². The maximum atomic E-state index is 14.3. The highest BCUT2D eigenvalue weighted by Crippen LogP contribution is 2.45. The summed E-state index contributed by atoms with van der Waals surface area (Å²) in [5.74, 6) is -1.88. The summed E-state index contributed by atoms with van der Waals surface area (Å²) in [6.45, 7) is 3.28. The van der Waals surface area contributed by atoms with E-state index in [0.29, 0.717) is 23.2 Å². The number of hydrogen-bond donors (Lipinski definition) is 2. The van der Waals surface area contributed by atoms with Gasteiger partial charge in [0.1, 0.15) is 5.82 Å². The van der Waals surface area contributed by atoms with E-state index in [2.05, 4.69) is 11.9 Å². The van der Waals surface area contributed by atoms with Crippen molar-refractivity contribution in [1.29, 1.82) is 0 Å². The van der Waals surface area contributed by atoms with E-state index in [1.807, 2.05) is 30.3 Å². The number of carbonyl (C=O) groups is 3. The molecule has 1 saturated carbocycles. The third-order valence-electron chi connectivity index (χ3n) is 7.57. The van der Waals surface area contributed by atoms with Crippen molar-refractivity contribution in [3.8, 4) is 11.1 Å². The lowest BCUT2D eigenvalue weighted by Gasteiger charge is -2.46. The van der Waals surface area contributed by atoms with E-state index in [1.165, 1.54) is 12.1 Å². The molecule has 6 nitrogen and oxygen atoms in total. The molecule has 2 amide bonds. The molecule has 0 aromatic heterocycles. The number of halogens is 4. The van der Waals surface area contributed by atoms with E-state index in [-0.39, 0.29) is 24.8 Å². The Balaban J connectivity index is 0.00000124. The fourth-order valence-corrected chi connectivity index (χ4v) is 5.74. The number of hydrogen-bond acceptors (Lipinski definition) is 3. The first-order valence-corrected chi connectivity index (χ1v) is 12.9. The van der Waals surface area contributed by atoms with E-state index in [0.717, 1.165) is 54.5 Å². The SMILES string of the molecule is C=CC(=O)Nc1ccccc1-c1ccc2c(c1)CC1(CCCC1)N(Cc1ccc(C(F)(F)F)c(F)c1)C2=O.O=CO. The smallest absolute Gasteiger partial charge is 0.419 e. The van der Waals surface area contributed by atoms with E-state index in [1.54, 1.807) is 17.0 Å². The zero-order chi connectivity index (χ0) is 29.8. The predicted molar refractivity (Wildman–Crippen MR) is 146 cm³/mol. The molecule has 3 aromatic carbocycles. The summed E-state index contributed by atoms with van der Waals surface area (Å²) >= 11 is 0. The number of nitrogens with one attached hydrogen (secondary N) is 1. The number of anilines is 1. The van der Waals surface area contributed by atoms with Crippen LogP contribution in [0.15, 0.2) is 73.3 Å². The van der Waals surface area contributed by atoms with Crippen molar-refractivity contribution >= 4 is 24.0 Å². The van der Waals surface area contributed by atoms with Gasteiger partial charge in [-0.15, -0.1) is 0 Å². The van der Waals surface area contributed by atoms with Crippen molar-refractivity contribution < 1.29 is 37.1 Å². The molecule has 0 unspecified atom stereocenters. The maximum absolute atomic E-state index is 14.3. The van der Waals surface area contributed by atoms with Gasteiger partial charge < -0.3 is 15.3 Å². The topological polar surface area (TPSA) is 86.7 Å². The minimum absolute atomic E-state index is 0.0332. The van der Waals surface area contributed by atoms with Crippen LogP contribution in [0.4, 0.5) is 23.2 Å². The second-order valence-electron chi connectivity index (χ2n) is 10.0. The zero-order valence-corrected chi connectivity index (χ0v) is 22.0. The molecule has 2 N–H and O–H groups in total. The second-order valence-corrected chi connectivity index (χ2v) is 10.0. The van der Waals surface area contributed by atoms with Crippen molar-refractivity contribution in [2.45, 2.75) is 50.4 Å². The summed E-state index contributed by atoms with van der Waals surface area (Å²) in [4.78, 5) is 35.8. The van der Waals surface area contributed by atoms with Gasteiger partial charge in [-0.1, -0.05) is 55.8 Å². The molecule has 0 bridgehead atoms. The molecule has 5 rings (SSSR count). The summed E-state index contributed by atoms with van der Waals surface area (Å²) in [5, 5.41) is 9.70. The van der Waals surface area contributed by atoms with Gasteiger partial charge in [-0.25, -0.2) is 4.39 Å². The average molecular weight is 569 g/mol. The van der Waals surface area contributed by atoms with Crippen molar-refractivity contribution in [1.82, 2.24) is 4.90 Å². The number of para-hydroxylation sites is 1. The monoisotopic (exact) mass is 568 g/mol. The van der Waals surface area contributed by atoms with Gasteiger partial charge in [0.15, 0.2) is 0 Å². The van der Waals surface area contributed by atoms with Crippen LogP contribution in [0, 0.1) is 5.82 Å². The molecule has 1 spiro atoms. The van der Waals surface area contributed by atoms with Gasteiger partial charge in [0, 0.05) is 28.9 Å². The van der Waals surface area contributed by atoms with Crippen LogP contribution in [-0.4, -0.2) is 33.8 Å².